The fourth-order valence-electron chi connectivity index (χ4n) is 3.50. The highest BCUT2D eigenvalue weighted by molar-refractivity contribution is 5.47. The maximum absolute atomic E-state index is 5.47. The number of nitrogens with zero attached hydrogens (tertiary/aromatic N) is 4. The van der Waals surface area contributed by atoms with Gasteiger partial charge in [-0.1, -0.05) is 11.6 Å². The Hall–Kier alpha value is -1.69. The molecule has 3 heterocycles. The first kappa shape index (κ1) is 11.2. The molecule has 0 radical (unpaired) electrons. The molecule has 6 nitrogen and oxygen atoms in total. The van der Waals surface area contributed by atoms with Crippen molar-refractivity contribution in [2.24, 2.45) is 18.9 Å². The molecule has 6 heteroatoms. The number of rotatable bonds is 2. The van der Waals surface area contributed by atoms with Gasteiger partial charge in [0.15, 0.2) is 0 Å². The van der Waals surface area contributed by atoms with E-state index < -0.39 is 0 Å². The van der Waals surface area contributed by atoms with Crippen molar-refractivity contribution >= 4 is 0 Å². The third-order valence-corrected chi connectivity index (χ3v) is 4.50. The first-order chi connectivity index (χ1) is 9.33. The van der Waals surface area contributed by atoms with Crippen LogP contribution in [0.5, 0.6) is 0 Å². The van der Waals surface area contributed by atoms with E-state index in [1.54, 1.807) is 12.5 Å². The molecule has 1 saturated heterocycles. The molecule has 3 atom stereocenters. The minimum Gasteiger partial charge on any atom is -0.337 e. The van der Waals surface area contributed by atoms with E-state index in [2.05, 4.69) is 20.4 Å². The molecule has 0 amide bonds. The Morgan fingerprint density at radius 3 is 3.21 bits per heavy atom. The van der Waals surface area contributed by atoms with Gasteiger partial charge in [-0.2, -0.15) is 4.98 Å². The van der Waals surface area contributed by atoms with Crippen LogP contribution in [-0.2, 0) is 7.05 Å². The van der Waals surface area contributed by atoms with E-state index in [0.717, 1.165) is 24.0 Å². The zero-order valence-electron chi connectivity index (χ0n) is 10.9. The zero-order chi connectivity index (χ0) is 12.8. The highest BCUT2D eigenvalue weighted by Gasteiger charge is 2.42. The number of hydrogen-bond donors (Lipinski definition) is 1. The predicted molar refractivity (Wildman–Crippen MR) is 68.1 cm³/mol. The van der Waals surface area contributed by atoms with Crippen molar-refractivity contribution in [3.63, 3.8) is 0 Å². The van der Waals surface area contributed by atoms with Gasteiger partial charge in [0.2, 0.25) is 11.7 Å². The quantitative estimate of drug-likeness (QED) is 0.885. The van der Waals surface area contributed by atoms with Crippen molar-refractivity contribution < 1.29 is 4.52 Å². The van der Waals surface area contributed by atoms with Crippen LogP contribution in [0.15, 0.2) is 17.0 Å². The summed E-state index contributed by atoms with van der Waals surface area (Å²) < 4.78 is 7.37. The molecule has 2 fully saturated rings. The molecular weight excluding hydrogens is 242 g/mol. The zero-order valence-corrected chi connectivity index (χ0v) is 10.9. The summed E-state index contributed by atoms with van der Waals surface area (Å²) in [5, 5.41) is 7.62. The number of aryl methyl sites for hydroxylation is 1. The number of imidazole rings is 1. The van der Waals surface area contributed by atoms with Crippen molar-refractivity contribution in [3.8, 4) is 11.5 Å². The second-order valence-corrected chi connectivity index (χ2v) is 5.59. The topological polar surface area (TPSA) is 68.8 Å². The molecule has 0 aromatic carbocycles. The van der Waals surface area contributed by atoms with E-state index in [4.69, 9.17) is 4.52 Å². The monoisotopic (exact) mass is 259 g/mol. The third kappa shape index (κ3) is 1.70. The number of aromatic nitrogens is 4. The standard InChI is InChI=1S/C13H17N5O/c1-18-7-14-6-10(18)12-16-13(19-17-12)11-9-4-2-3-8(9)5-15-11/h6-9,11,15H,2-5H2,1H3. The Balaban J connectivity index is 1.63. The van der Waals surface area contributed by atoms with Gasteiger partial charge in [0.1, 0.15) is 5.69 Å². The van der Waals surface area contributed by atoms with Crippen molar-refractivity contribution in [2.75, 3.05) is 6.54 Å². The van der Waals surface area contributed by atoms with E-state index >= 15 is 0 Å². The lowest BCUT2D eigenvalue weighted by molar-refractivity contribution is 0.302. The van der Waals surface area contributed by atoms with Crippen molar-refractivity contribution in [1.29, 1.82) is 0 Å². The van der Waals surface area contributed by atoms with Crippen LogP contribution in [0.4, 0.5) is 0 Å². The molecule has 4 rings (SSSR count). The molecule has 1 aliphatic heterocycles. The summed E-state index contributed by atoms with van der Waals surface area (Å²) >= 11 is 0. The Kier molecular flexibility index (Phi) is 2.44. The summed E-state index contributed by atoms with van der Waals surface area (Å²) in [6.07, 6.45) is 7.43. The summed E-state index contributed by atoms with van der Waals surface area (Å²) in [6.45, 7) is 1.08. The van der Waals surface area contributed by atoms with Gasteiger partial charge in [0.25, 0.3) is 0 Å². The molecule has 0 spiro atoms. The van der Waals surface area contributed by atoms with Gasteiger partial charge in [-0.25, -0.2) is 4.98 Å². The maximum atomic E-state index is 5.47. The maximum Gasteiger partial charge on any atom is 0.244 e. The molecule has 19 heavy (non-hydrogen) atoms. The van der Waals surface area contributed by atoms with Gasteiger partial charge >= 0.3 is 0 Å². The van der Waals surface area contributed by atoms with Crippen LogP contribution in [0.1, 0.15) is 31.2 Å². The van der Waals surface area contributed by atoms with E-state index in [0.29, 0.717) is 11.7 Å². The van der Waals surface area contributed by atoms with Crippen LogP contribution in [0.3, 0.4) is 0 Å². The van der Waals surface area contributed by atoms with Crippen LogP contribution >= 0.6 is 0 Å². The molecule has 100 valence electrons. The molecule has 1 saturated carbocycles. The first-order valence-corrected chi connectivity index (χ1v) is 6.86. The smallest absolute Gasteiger partial charge is 0.244 e. The van der Waals surface area contributed by atoms with Gasteiger partial charge in [-0.15, -0.1) is 0 Å². The second kappa shape index (κ2) is 4.16. The van der Waals surface area contributed by atoms with E-state index in [9.17, 15) is 0 Å². The highest BCUT2D eigenvalue weighted by atomic mass is 16.5. The van der Waals surface area contributed by atoms with Gasteiger partial charge in [-0.3, -0.25) is 0 Å². The molecular formula is C13H17N5O. The van der Waals surface area contributed by atoms with Crippen LogP contribution in [0, 0.1) is 11.8 Å². The Labute approximate surface area is 111 Å². The number of hydrogen-bond acceptors (Lipinski definition) is 5. The fraction of sp³-hybridized carbons (Fsp3) is 0.615. The Bertz CT molecular complexity index is 589. The van der Waals surface area contributed by atoms with Crippen LogP contribution in [0.25, 0.3) is 11.5 Å². The van der Waals surface area contributed by atoms with Gasteiger partial charge in [0, 0.05) is 7.05 Å². The molecule has 2 aromatic rings. The fourth-order valence-corrected chi connectivity index (χ4v) is 3.50. The van der Waals surface area contributed by atoms with Crippen LogP contribution in [0.2, 0.25) is 0 Å². The van der Waals surface area contributed by atoms with Gasteiger partial charge < -0.3 is 14.4 Å². The van der Waals surface area contributed by atoms with E-state index in [-0.39, 0.29) is 6.04 Å². The largest absolute Gasteiger partial charge is 0.337 e. The summed E-state index contributed by atoms with van der Waals surface area (Å²) in [5.41, 5.74) is 0.885. The summed E-state index contributed by atoms with van der Waals surface area (Å²) in [4.78, 5) is 8.64. The normalized spacial score (nSPS) is 29.8. The molecule has 2 aliphatic rings. The minimum atomic E-state index is 0.238. The average molecular weight is 259 g/mol. The predicted octanol–water partition coefficient (Wildman–Crippen LogP) is 1.53. The lowest BCUT2D eigenvalue weighted by atomic mass is 9.94. The lowest BCUT2D eigenvalue weighted by Gasteiger charge is -2.13. The molecule has 2 aromatic heterocycles. The second-order valence-electron chi connectivity index (χ2n) is 5.59. The molecule has 1 N–H and O–H groups in total. The third-order valence-electron chi connectivity index (χ3n) is 4.50. The van der Waals surface area contributed by atoms with Crippen LogP contribution in [-0.4, -0.2) is 26.2 Å². The van der Waals surface area contributed by atoms with Crippen molar-refractivity contribution in [1.82, 2.24) is 25.0 Å². The van der Waals surface area contributed by atoms with E-state index in [1.807, 2.05) is 11.6 Å². The summed E-state index contributed by atoms with van der Waals surface area (Å²) in [6, 6.07) is 0.238. The van der Waals surface area contributed by atoms with Crippen LogP contribution < -0.4 is 5.32 Å². The van der Waals surface area contributed by atoms with Gasteiger partial charge in [0.05, 0.1) is 18.6 Å². The molecule has 0 bridgehead atoms. The van der Waals surface area contributed by atoms with E-state index in [1.165, 1.54) is 19.3 Å². The number of nitrogens with one attached hydrogen (secondary N) is 1. The average Bonchev–Trinajstić information content (AvgIpc) is 3.10. The summed E-state index contributed by atoms with van der Waals surface area (Å²) in [7, 11) is 1.93. The highest BCUT2D eigenvalue weighted by Crippen LogP contribution is 2.44. The SMILES string of the molecule is Cn1cncc1-c1noc(C2NCC3CCCC32)n1. The minimum absolute atomic E-state index is 0.238. The van der Waals surface area contributed by atoms with Crippen molar-refractivity contribution in [2.45, 2.75) is 25.3 Å². The lowest BCUT2D eigenvalue weighted by Crippen LogP contribution is -2.18. The Morgan fingerprint density at radius 1 is 1.42 bits per heavy atom. The number of fused-ring (bicyclic) bond motifs is 1. The first-order valence-electron chi connectivity index (χ1n) is 6.86. The van der Waals surface area contributed by atoms with Gasteiger partial charge in [-0.05, 0) is 31.2 Å². The molecule has 1 aliphatic carbocycles. The Morgan fingerprint density at radius 2 is 2.37 bits per heavy atom. The molecule has 3 unspecified atom stereocenters. The van der Waals surface area contributed by atoms with Crippen molar-refractivity contribution in [3.05, 3.63) is 18.4 Å². The summed E-state index contributed by atoms with van der Waals surface area (Å²) in [5.74, 6) is 2.81.